The molecule has 0 aromatic rings. The van der Waals surface area contributed by atoms with Gasteiger partial charge in [-0.1, -0.05) is 5.11 Å². The summed E-state index contributed by atoms with van der Waals surface area (Å²) in [5, 5.41) is 3.32. The largest absolute Gasteiger partial charge is 0.463 e. The molecule has 0 aromatic carbocycles. The maximum absolute atomic E-state index is 11.3. The SMILES string of the molecule is CCOCCOC(=O)C(C)(C)N=[N+]=[N-]. The number of hydrogen-bond donors (Lipinski definition) is 0. The number of esters is 1. The summed E-state index contributed by atoms with van der Waals surface area (Å²) in [7, 11) is 0. The van der Waals surface area contributed by atoms with E-state index in [1.165, 1.54) is 13.8 Å². The number of rotatable bonds is 6. The van der Waals surface area contributed by atoms with E-state index in [4.69, 9.17) is 15.0 Å². The molecule has 6 heteroatoms. The summed E-state index contributed by atoms with van der Waals surface area (Å²) >= 11 is 0. The lowest BCUT2D eigenvalue weighted by Gasteiger charge is -2.15. The van der Waals surface area contributed by atoms with Crippen LogP contribution in [0.3, 0.4) is 0 Å². The molecule has 80 valence electrons. The molecule has 0 aliphatic carbocycles. The number of carbonyl (C=O) groups is 1. The molecule has 14 heavy (non-hydrogen) atoms. The predicted molar refractivity (Wildman–Crippen MR) is 50.7 cm³/mol. The van der Waals surface area contributed by atoms with Crippen molar-refractivity contribution in [2.24, 2.45) is 5.11 Å². The third-order valence-electron chi connectivity index (χ3n) is 1.46. The first-order valence-corrected chi connectivity index (χ1v) is 4.35. The molecule has 0 radical (unpaired) electrons. The van der Waals surface area contributed by atoms with Gasteiger partial charge in [0, 0.05) is 11.5 Å². The minimum atomic E-state index is -1.15. The smallest absolute Gasteiger partial charge is 0.317 e. The predicted octanol–water partition coefficient (Wildman–Crippen LogP) is 1.66. The van der Waals surface area contributed by atoms with Crippen LogP contribution in [-0.2, 0) is 14.3 Å². The average Bonchev–Trinajstić information content (AvgIpc) is 2.12. The van der Waals surface area contributed by atoms with Crippen molar-refractivity contribution >= 4 is 5.97 Å². The highest BCUT2D eigenvalue weighted by molar-refractivity contribution is 5.79. The molecule has 0 fully saturated rings. The minimum absolute atomic E-state index is 0.178. The molecule has 0 rings (SSSR count). The summed E-state index contributed by atoms with van der Waals surface area (Å²) in [5.74, 6) is -0.546. The lowest BCUT2D eigenvalue weighted by atomic mass is 10.1. The Morgan fingerprint density at radius 1 is 1.50 bits per heavy atom. The van der Waals surface area contributed by atoms with E-state index >= 15 is 0 Å². The van der Waals surface area contributed by atoms with E-state index in [0.717, 1.165) is 0 Å². The Balaban J connectivity index is 3.89. The normalized spacial score (nSPS) is 10.5. The van der Waals surface area contributed by atoms with Crippen LogP contribution in [0.5, 0.6) is 0 Å². The van der Waals surface area contributed by atoms with Gasteiger partial charge in [0.15, 0.2) is 0 Å². The molecule has 0 atom stereocenters. The first-order valence-electron chi connectivity index (χ1n) is 4.35. The van der Waals surface area contributed by atoms with Gasteiger partial charge in [-0.15, -0.1) is 0 Å². The third kappa shape index (κ3) is 4.69. The summed E-state index contributed by atoms with van der Waals surface area (Å²) in [6, 6.07) is 0. The monoisotopic (exact) mass is 201 g/mol. The molecule has 0 aliphatic rings. The lowest BCUT2D eigenvalue weighted by molar-refractivity contribution is -0.150. The van der Waals surface area contributed by atoms with Crippen LogP contribution in [-0.4, -0.2) is 31.3 Å². The van der Waals surface area contributed by atoms with Gasteiger partial charge in [0.05, 0.1) is 6.61 Å². The van der Waals surface area contributed by atoms with Crippen molar-refractivity contribution in [1.29, 1.82) is 0 Å². The van der Waals surface area contributed by atoms with Gasteiger partial charge in [-0.2, -0.15) is 0 Å². The van der Waals surface area contributed by atoms with Gasteiger partial charge in [-0.3, -0.25) is 4.79 Å². The van der Waals surface area contributed by atoms with Crippen LogP contribution in [0.2, 0.25) is 0 Å². The van der Waals surface area contributed by atoms with Crippen molar-refractivity contribution < 1.29 is 14.3 Å². The van der Waals surface area contributed by atoms with Crippen LogP contribution in [0.1, 0.15) is 20.8 Å². The Bertz CT molecular complexity index is 234. The maximum Gasteiger partial charge on any atom is 0.317 e. The van der Waals surface area contributed by atoms with Crippen molar-refractivity contribution in [1.82, 2.24) is 0 Å². The molecule has 6 nitrogen and oxygen atoms in total. The maximum atomic E-state index is 11.3. The molecular formula is C8H15N3O3. The first-order chi connectivity index (χ1) is 6.54. The fourth-order valence-corrected chi connectivity index (χ4v) is 0.667. The summed E-state index contributed by atoms with van der Waals surface area (Å²) in [5.41, 5.74) is 7.03. The molecule has 0 bridgehead atoms. The second kappa shape index (κ2) is 6.23. The Kier molecular flexibility index (Phi) is 5.67. The Morgan fingerprint density at radius 3 is 2.64 bits per heavy atom. The van der Waals surface area contributed by atoms with Crippen molar-refractivity contribution in [2.75, 3.05) is 19.8 Å². The molecule has 0 unspecified atom stereocenters. The molecule has 0 saturated heterocycles. The van der Waals surface area contributed by atoms with Gasteiger partial charge >= 0.3 is 5.97 Å². The lowest BCUT2D eigenvalue weighted by Crippen LogP contribution is -2.31. The molecule has 0 aromatic heterocycles. The molecule has 0 spiro atoms. The number of carbonyl (C=O) groups excluding carboxylic acids is 1. The van der Waals surface area contributed by atoms with Crippen molar-refractivity contribution in [2.45, 2.75) is 26.3 Å². The van der Waals surface area contributed by atoms with Crippen LogP contribution in [0.15, 0.2) is 5.11 Å². The van der Waals surface area contributed by atoms with Gasteiger partial charge in [0.1, 0.15) is 12.1 Å². The van der Waals surface area contributed by atoms with Crippen LogP contribution in [0.4, 0.5) is 0 Å². The van der Waals surface area contributed by atoms with E-state index in [2.05, 4.69) is 10.0 Å². The van der Waals surface area contributed by atoms with Crippen molar-refractivity contribution in [3.63, 3.8) is 0 Å². The number of ether oxygens (including phenoxy) is 2. The summed E-state index contributed by atoms with van der Waals surface area (Å²) in [6.07, 6.45) is 0. The van der Waals surface area contributed by atoms with Gasteiger partial charge < -0.3 is 9.47 Å². The zero-order valence-electron chi connectivity index (χ0n) is 8.69. The first kappa shape index (κ1) is 12.7. The fraction of sp³-hybridized carbons (Fsp3) is 0.875. The van der Waals surface area contributed by atoms with Gasteiger partial charge in [-0.25, -0.2) is 0 Å². The molecule has 0 amide bonds. The highest BCUT2D eigenvalue weighted by Crippen LogP contribution is 2.11. The van der Waals surface area contributed by atoms with Crippen molar-refractivity contribution in [3.8, 4) is 0 Å². The number of hydrogen-bond acceptors (Lipinski definition) is 4. The summed E-state index contributed by atoms with van der Waals surface area (Å²) in [4.78, 5) is 13.8. The van der Waals surface area contributed by atoms with E-state index in [1.807, 2.05) is 6.92 Å². The van der Waals surface area contributed by atoms with Gasteiger partial charge in [0.25, 0.3) is 0 Å². The van der Waals surface area contributed by atoms with E-state index in [0.29, 0.717) is 13.2 Å². The minimum Gasteiger partial charge on any atom is -0.463 e. The van der Waals surface area contributed by atoms with E-state index in [1.54, 1.807) is 0 Å². The Morgan fingerprint density at radius 2 is 2.14 bits per heavy atom. The van der Waals surface area contributed by atoms with E-state index < -0.39 is 11.5 Å². The van der Waals surface area contributed by atoms with Crippen LogP contribution in [0.25, 0.3) is 10.4 Å². The van der Waals surface area contributed by atoms with Crippen LogP contribution in [0, 0.1) is 0 Å². The molecule has 0 heterocycles. The Labute approximate surface area is 82.8 Å². The molecule has 0 N–H and O–H groups in total. The summed E-state index contributed by atoms with van der Waals surface area (Å²) < 4.78 is 9.81. The topological polar surface area (TPSA) is 84.3 Å². The average molecular weight is 201 g/mol. The van der Waals surface area contributed by atoms with E-state index in [9.17, 15) is 4.79 Å². The van der Waals surface area contributed by atoms with Crippen LogP contribution < -0.4 is 0 Å². The molecule has 0 aliphatic heterocycles. The third-order valence-corrected chi connectivity index (χ3v) is 1.46. The summed E-state index contributed by atoms with van der Waals surface area (Å²) in [6.45, 7) is 5.96. The number of azide groups is 1. The zero-order chi connectivity index (χ0) is 11.0. The molecule has 0 saturated carbocycles. The quantitative estimate of drug-likeness (QED) is 0.215. The van der Waals surface area contributed by atoms with Crippen LogP contribution >= 0.6 is 0 Å². The number of nitrogens with zero attached hydrogens (tertiary/aromatic N) is 3. The fourth-order valence-electron chi connectivity index (χ4n) is 0.667. The highest BCUT2D eigenvalue weighted by atomic mass is 16.6. The second-order valence-corrected chi connectivity index (χ2v) is 3.08. The van der Waals surface area contributed by atoms with Crippen molar-refractivity contribution in [3.05, 3.63) is 10.4 Å². The van der Waals surface area contributed by atoms with E-state index in [-0.39, 0.29) is 6.61 Å². The highest BCUT2D eigenvalue weighted by Gasteiger charge is 2.27. The Hall–Kier alpha value is -1.26. The van der Waals surface area contributed by atoms with Gasteiger partial charge in [-0.05, 0) is 26.3 Å². The standard InChI is InChI=1S/C8H15N3O3/c1-4-13-5-6-14-7(12)8(2,3)10-11-9/h4-6H2,1-3H3. The molecular weight excluding hydrogens is 186 g/mol. The van der Waals surface area contributed by atoms with Gasteiger partial charge in [0.2, 0.25) is 0 Å². The second-order valence-electron chi connectivity index (χ2n) is 3.08. The zero-order valence-corrected chi connectivity index (χ0v) is 8.69.